The summed E-state index contributed by atoms with van der Waals surface area (Å²) in [5, 5.41) is 3.40. The van der Waals surface area contributed by atoms with Crippen LogP contribution in [0.3, 0.4) is 0 Å². The summed E-state index contributed by atoms with van der Waals surface area (Å²) in [7, 11) is -6.68. The van der Waals surface area contributed by atoms with Gasteiger partial charge in [0, 0.05) is 25.9 Å². The van der Waals surface area contributed by atoms with Crippen molar-refractivity contribution in [3.8, 4) is 0 Å². The van der Waals surface area contributed by atoms with Gasteiger partial charge in [-0.15, -0.1) is 0 Å². The number of hydrogen-bond acceptors (Lipinski definition) is 5. The van der Waals surface area contributed by atoms with Gasteiger partial charge in [-0.05, 0) is 64.3 Å². The van der Waals surface area contributed by atoms with Gasteiger partial charge in [0.05, 0.1) is 8.07 Å². The first-order chi connectivity index (χ1) is 11.7. The standard InChI is InChI=1S/C17H46N2O3Si4/c1-23(2,3)17-21-25(7,8)22-26(9,15-10-12-19-13-11-18)16-14-20-24(4,5)6/h19H,10-18H2,1-9H3. The molecule has 5 nitrogen and oxygen atoms in total. The second kappa shape index (κ2) is 11.6. The lowest BCUT2D eigenvalue weighted by atomic mass is 10.5. The Bertz CT molecular complexity index is 387. The van der Waals surface area contributed by atoms with Gasteiger partial charge in [-0.2, -0.15) is 0 Å². The molecule has 0 spiro atoms. The molecule has 1 unspecified atom stereocenters. The maximum Gasteiger partial charge on any atom is 0.321 e. The molecule has 26 heavy (non-hydrogen) atoms. The smallest absolute Gasteiger partial charge is 0.321 e. The molecule has 0 aliphatic rings. The minimum Gasteiger partial charge on any atom is -0.436 e. The van der Waals surface area contributed by atoms with E-state index in [4.69, 9.17) is 18.7 Å². The van der Waals surface area contributed by atoms with Crippen LogP contribution in [0, 0.1) is 0 Å². The summed E-state index contributed by atoms with van der Waals surface area (Å²) >= 11 is 0. The zero-order valence-electron chi connectivity index (χ0n) is 19.0. The van der Waals surface area contributed by atoms with Crippen molar-refractivity contribution in [1.82, 2.24) is 5.32 Å². The molecule has 0 bridgehead atoms. The Hall–Kier alpha value is 0.668. The molecule has 0 aromatic carbocycles. The average molecular weight is 439 g/mol. The number of hydrogen-bond donors (Lipinski definition) is 2. The maximum atomic E-state index is 6.80. The molecular weight excluding hydrogens is 393 g/mol. The molecule has 0 radical (unpaired) electrons. The van der Waals surface area contributed by atoms with Gasteiger partial charge in [-0.25, -0.2) is 0 Å². The van der Waals surface area contributed by atoms with Crippen molar-refractivity contribution in [2.45, 2.75) is 77.4 Å². The fourth-order valence-electron chi connectivity index (χ4n) is 2.63. The third-order valence-corrected chi connectivity index (χ3v) is 13.7. The Kier molecular flexibility index (Phi) is 11.9. The Balaban J connectivity index is 4.76. The molecule has 0 heterocycles. The highest BCUT2D eigenvalue weighted by molar-refractivity contribution is 6.83. The summed E-state index contributed by atoms with van der Waals surface area (Å²) in [6.45, 7) is 24.0. The second-order valence-corrected chi connectivity index (χ2v) is 27.9. The van der Waals surface area contributed by atoms with E-state index >= 15 is 0 Å². The molecule has 0 aliphatic heterocycles. The lowest BCUT2D eigenvalue weighted by Crippen LogP contribution is -2.51. The highest BCUT2D eigenvalue weighted by Gasteiger charge is 2.38. The topological polar surface area (TPSA) is 65.7 Å². The van der Waals surface area contributed by atoms with Crippen molar-refractivity contribution in [3.05, 3.63) is 0 Å². The van der Waals surface area contributed by atoms with Crippen LogP contribution in [-0.2, 0) is 13.0 Å². The molecule has 0 saturated carbocycles. The number of nitrogens with two attached hydrogens (primary N) is 1. The molecule has 0 saturated heterocycles. The molecule has 158 valence electrons. The third-order valence-electron chi connectivity index (χ3n) is 3.89. The van der Waals surface area contributed by atoms with Gasteiger partial charge in [0.15, 0.2) is 16.6 Å². The van der Waals surface area contributed by atoms with Crippen LogP contribution in [0.4, 0.5) is 0 Å². The van der Waals surface area contributed by atoms with Gasteiger partial charge < -0.3 is 24.0 Å². The van der Waals surface area contributed by atoms with E-state index in [9.17, 15) is 0 Å². The zero-order valence-corrected chi connectivity index (χ0v) is 23.0. The van der Waals surface area contributed by atoms with Crippen LogP contribution in [0.2, 0.25) is 71.0 Å². The Morgan fingerprint density at radius 1 is 0.808 bits per heavy atom. The molecule has 0 aromatic heterocycles. The maximum absolute atomic E-state index is 6.80. The largest absolute Gasteiger partial charge is 0.436 e. The van der Waals surface area contributed by atoms with E-state index in [1.165, 1.54) is 0 Å². The molecular formula is C17H46N2O3Si4. The summed E-state index contributed by atoms with van der Waals surface area (Å²) in [5.41, 5.74) is 5.56. The predicted octanol–water partition coefficient (Wildman–Crippen LogP) is 3.96. The fraction of sp³-hybridized carbons (Fsp3) is 1.00. The molecule has 0 rings (SSSR count). The SMILES string of the molecule is C[Si](C)(C)CO[Si](C)(C)O[Si](C)(CCCNCCN)CCO[Si](C)(C)C. The van der Waals surface area contributed by atoms with Crippen molar-refractivity contribution in [3.63, 3.8) is 0 Å². The summed E-state index contributed by atoms with van der Waals surface area (Å²) in [6, 6.07) is 2.20. The molecule has 0 aliphatic carbocycles. The normalized spacial score (nSPS) is 15.9. The van der Waals surface area contributed by atoms with Crippen LogP contribution in [0.15, 0.2) is 0 Å². The second-order valence-electron chi connectivity index (χ2n) is 10.2. The van der Waals surface area contributed by atoms with Crippen LogP contribution in [0.5, 0.6) is 0 Å². The first kappa shape index (κ1) is 26.7. The van der Waals surface area contributed by atoms with E-state index in [-0.39, 0.29) is 0 Å². The van der Waals surface area contributed by atoms with E-state index in [2.05, 4.69) is 64.2 Å². The van der Waals surface area contributed by atoms with Gasteiger partial charge in [0.25, 0.3) is 0 Å². The first-order valence-electron chi connectivity index (χ1n) is 10.1. The Morgan fingerprint density at radius 3 is 1.92 bits per heavy atom. The molecule has 0 fully saturated rings. The first-order valence-corrected chi connectivity index (χ1v) is 22.8. The zero-order chi connectivity index (χ0) is 20.5. The average Bonchev–Trinajstić information content (AvgIpc) is 2.42. The summed E-state index contributed by atoms with van der Waals surface area (Å²) in [4.78, 5) is 0. The lowest BCUT2D eigenvalue weighted by molar-refractivity contribution is 0.278. The van der Waals surface area contributed by atoms with Crippen molar-refractivity contribution < 1.29 is 13.0 Å². The van der Waals surface area contributed by atoms with Gasteiger partial charge in [0.2, 0.25) is 0 Å². The number of nitrogens with one attached hydrogen (secondary N) is 1. The van der Waals surface area contributed by atoms with E-state index < -0.39 is 33.3 Å². The van der Waals surface area contributed by atoms with Crippen molar-refractivity contribution >= 4 is 33.3 Å². The van der Waals surface area contributed by atoms with Gasteiger partial charge in [-0.3, -0.25) is 0 Å². The van der Waals surface area contributed by atoms with Crippen molar-refractivity contribution in [2.75, 3.05) is 32.5 Å². The number of rotatable bonds is 15. The molecule has 9 heteroatoms. The van der Waals surface area contributed by atoms with Gasteiger partial charge >= 0.3 is 8.56 Å². The predicted molar refractivity (Wildman–Crippen MR) is 125 cm³/mol. The van der Waals surface area contributed by atoms with E-state index in [0.717, 1.165) is 44.4 Å². The van der Waals surface area contributed by atoms with Crippen molar-refractivity contribution in [2.24, 2.45) is 5.73 Å². The van der Waals surface area contributed by atoms with Crippen LogP contribution in [0.25, 0.3) is 0 Å². The Morgan fingerprint density at radius 2 is 1.42 bits per heavy atom. The minimum atomic E-state index is -2.11. The van der Waals surface area contributed by atoms with Gasteiger partial charge in [0.1, 0.15) is 0 Å². The van der Waals surface area contributed by atoms with E-state index in [1.54, 1.807) is 0 Å². The van der Waals surface area contributed by atoms with Crippen molar-refractivity contribution in [1.29, 1.82) is 0 Å². The van der Waals surface area contributed by atoms with Gasteiger partial charge in [-0.1, -0.05) is 19.6 Å². The molecule has 0 amide bonds. The van der Waals surface area contributed by atoms with Crippen LogP contribution < -0.4 is 11.1 Å². The summed E-state index contributed by atoms with van der Waals surface area (Å²) in [5.74, 6) is 0. The highest BCUT2D eigenvalue weighted by Crippen LogP contribution is 2.26. The fourth-order valence-corrected chi connectivity index (χ4v) is 14.2. The molecule has 0 aromatic rings. The lowest BCUT2D eigenvalue weighted by Gasteiger charge is -2.37. The minimum absolute atomic E-state index is 0.694. The van der Waals surface area contributed by atoms with Crippen LogP contribution in [-0.4, -0.2) is 65.7 Å². The monoisotopic (exact) mass is 438 g/mol. The summed E-state index contributed by atoms with van der Waals surface area (Å²) in [6.07, 6.45) is 2.02. The van der Waals surface area contributed by atoms with Crippen LogP contribution >= 0.6 is 0 Å². The molecule has 1 atom stereocenters. The molecule has 3 N–H and O–H groups in total. The highest BCUT2D eigenvalue weighted by atomic mass is 28.4. The quantitative estimate of drug-likeness (QED) is 0.299. The van der Waals surface area contributed by atoms with E-state index in [0.29, 0.717) is 6.54 Å². The Labute approximate surface area is 167 Å². The summed E-state index contributed by atoms with van der Waals surface area (Å²) < 4.78 is 19.3. The third kappa shape index (κ3) is 15.7. The van der Waals surface area contributed by atoms with Crippen LogP contribution in [0.1, 0.15) is 6.42 Å². The van der Waals surface area contributed by atoms with E-state index in [1.807, 2.05) is 0 Å².